The molecule has 0 saturated carbocycles. The van der Waals surface area contributed by atoms with Gasteiger partial charge in [-0.15, -0.1) is 10.2 Å². The van der Waals surface area contributed by atoms with Gasteiger partial charge in [-0.1, -0.05) is 0 Å². The van der Waals surface area contributed by atoms with Gasteiger partial charge in [0.15, 0.2) is 12.4 Å². The van der Waals surface area contributed by atoms with Gasteiger partial charge < -0.3 is 14.2 Å². The Balaban J connectivity index is 1.93. The lowest BCUT2D eigenvalue weighted by Gasteiger charge is -2.05. The first-order valence-corrected chi connectivity index (χ1v) is 7.05. The van der Waals surface area contributed by atoms with E-state index < -0.39 is 0 Å². The molecule has 0 aliphatic heterocycles. The molecule has 7 nitrogen and oxygen atoms in total. The van der Waals surface area contributed by atoms with Crippen LogP contribution in [-0.2, 0) is 4.74 Å². The van der Waals surface area contributed by atoms with Crippen molar-refractivity contribution in [2.45, 2.75) is 0 Å². The SMILES string of the molecule is COCOc1ccc2c(c1)nnc1c3ccc(OC)cc3nn21. The lowest BCUT2D eigenvalue weighted by atomic mass is 10.2. The Hall–Kier alpha value is -2.93. The van der Waals surface area contributed by atoms with Crippen molar-refractivity contribution in [3.05, 3.63) is 36.4 Å². The minimum absolute atomic E-state index is 0.187. The molecule has 2 aromatic carbocycles. The van der Waals surface area contributed by atoms with Crippen molar-refractivity contribution in [1.82, 2.24) is 19.8 Å². The van der Waals surface area contributed by atoms with Gasteiger partial charge in [-0.3, -0.25) is 0 Å². The van der Waals surface area contributed by atoms with Gasteiger partial charge in [0.1, 0.15) is 17.0 Å². The third kappa shape index (κ3) is 2.22. The first-order valence-electron chi connectivity index (χ1n) is 7.05. The lowest BCUT2D eigenvalue weighted by Crippen LogP contribution is -2.00. The second-order valence-electron chi connectivity index (χ2n) is 5.02. The monoisotopic (exact) mass is 310 g/mol. The van der Waals surface area contributed by atoms with E-state index in [1.807, 2.05) is 36.4 Å². The smallest absolute Gasteiger partial charge is 0.188 e. The third-order valence-corrected chi connectivity index (χ3v) is 3.63. The zero-order chi connectivity index (χ0) is 15.8. The van der Waals surface area contributed by atoms with Crippen LogP contribution in [0.3, 0.4) is 0 Å². The lowest BCUT2D eigenvalue weighted by molar-refractivity contribution is 0.0512. The minimum atomic E-state index is 0.187. The Morgan fingerprint density at radius 2 is 1.78 bits per heavy atom. The number of fused-ring (bicyclic) bond motifs is 5. The zero-order valence-corrected chi connectivity index (χ0v) is 12.7. The molecule has 116 valence electrons. The summed E-state index contributed by atoms with van der Waals surface area (Å²) in [5.74, 6) is 1.43. The molecule has 0 spiro atoms. The van der Waals surface area contributed by atoms with Crippen LogP contribution in [0.5, 0.6) is 11.5 Å². The highest BCUT2D eigenvalue weighted by molar-refractivity contribution is 5.95. The van der Waals surface area contributed by atoms with Crippen molar-refractivity contribution >= 4 is 27.6 Å². The number of hydrogen-bond acceptors (Lipinski definition) is 6. The van der Waals surface area contributed by atoms with E-state index in [2.05, 4.69) is 15.3 Å². The number of methoxy groups -OCH3 is 2. The van der Waals surface area contributed by atoms with E-state index >= 15 is 0 Å². The molecule has 0 fully saturated rings. The fourth-order valence-electron chi connectivity index (χ4n) is 2.52. The molecule has 2 heterocycles. The first kappa shape index (κ1) is 13.7. The van der Waals surface area contributed by atoms with Crippen molar-refractivity contribution in [2.75, 3.05) is 21.0 Å². The number of ether oxygens (including phenoxy) is 3. The summed E-state index contributed by atoms with van der Waals surface area (Å²) in [5, 5.41) is 14.1. The fourth-order valence-corrected chi connectivity index (χ4v) is 2.52. The summed E-state index contributed by atoms with van der Waals surface area (Å²) in [6.45, 7) is 0.187. The summed E-state index contributed by atoms with van der Waals surface area (Å²) < 4.78 is 17.4. The highest BCUT2D eigenvalue weighted by Crippen LogP contribution is 2.26. The van der Waals surface area contributed by atoms with Crippen LogP contribution >= 0.6 is 0 Å². The summed E-state index contributed by atoms with van der Waals surface area (Å²) in [6.07, 6.45) is 0. The Labute approximate surface area is 131 Å². The Kier molecular flexibility index (Phi) is 3.20. The standard InChI is InChI=1S/C16H14N4O3/c1-21-9-23-11-4-6-15-14(8-11)17-18-16-12-5-3-10(22-2)7-13(12)19-20(15)16/h3-8H,9H2,1-2H3. The van der Waals surface area contributed by atoms with Crippen LogP contribution in [0.1, 0.15) is 0 Å². The van der Waals surface area contributed by atoms with Crippen LogP contribution in [0.15, 0.2) is 36.4 Å². The molecule has 0 radical (unpaired) electrons. The number of aromatic nitrogens is 4. The van der Waals surface area contributed by atoms with Gasteiger partial charge >= 0.3 is 0 Å². The van der Waals surface area contributed by atoms with E-state index in [1.165, 1.54) is 0 Å². The van der Waals surface area contributed by atoms with Crippen LogP contribution in [-0.4, -0.2) is 40.8 Å². The van der Waals surface area contributed by atoms with Gasteiger partial charge in [0.25, 0.3) is 0 Å². The van der Waals surface area contributed by atoms with Gasteiger partial charge in [-0.05, 0) is 24.3 Å². The van der Waals surface area contributed by atoms with Crippen LogP contribution in [0.4, 0.5) is 0 Å². The van der Waals surface area contributed by atoms with Crippen LogP contribution in [0.25, 0.3) is 27.6 Å². The van der Waals surface area contributed by atoms with Gasteiger partial charge in [-0.2, -0.15) is 5.10 Å². The number of benzene rings is 2. The molecule has 23 heavy (non-hydrogen) atoms. The maximum absolute atomic E-state index is 5.43. The van der Waals surface area contributed by atoms with E-state index in [0.717, 1.165) is 22.2 Å². The van der Waals surface area contributed by atoms with Crippen molar-refractivity contribution < 1.29 is 14.2 Å². The molecule has 0 aliphatic rings. The predicted octanol–water partition coefficient (Wildman–Crippen LogP) is 2.42. The molecule has 0 amide bonds. The van der Waals surface area contributed by atoms with Gasteiger partial charge in [0.05, 0.1) is 18.1 Å². The largest absolute Gasteiger partial charge is 0.497 e. The topological polar surface area (TPSA) is 70.8 Å². The second-order valence-corrected chi connectivity index (χ2v) is 5.02. The molecule has 7 heteroatoms. The summed E-state index contributed by atoms with van der Waals surface area (Å²) in [5.41, 5.74) is 3.08. The molecule has 0 aliphatic carbocycles. The Morgan fingerprint density at radius 1 is 0.957 bits per heavy atom. The van der Waals surface area contributed by atoms with E-state index in [9.17, 15) is 0 Å². The first-order chi connectivity index (χ1) is 11.3. The number of hydrogen-bond donors (Lipinski definition) is 0. The highest BCUT2D eigenvalue weighted by Gasteiger charge is 2.11. The zero-order valence-electron chi connectivity index (χ0n) is 12.7. The molecule has 0 bridgehead atoms. The quantitative estimate of drug-likeness (QED) is 0.539. The summed E-state index contributed by atoms with van der Waals surface area (Å²) >= 11 is 0. The predicted molar refractivity (Wildman–Crippen MR) is 84.9 cm³/mol. The highest BCUT2D eigenvalue weighted by atomic mass is 16.7. The molecular formula is C16H14N4O3. The van der Waals surface area contributed by atoms with E-state index in [0.29, 0.717) is 16.9 Å². The maximum atomic E-state index is 5.43. The second kappa shape index (κ2) is 5.36. The van der Waals surface area contributed by atoms with Crippen molar-refractivity contribution in [1.29, 1.82) is 0 Å². The average molecular weight is 310 g/mol. The van der Waals surface area contributed by atoms with Crippen LogP contribution < -0.4 is 9.47 Å². The van der Waals surface area contributed by atoms with E-state index in [4.69, 9.17) is 14.2 Å². The third-order valence-electron chi connectivity index (χ3n) is 3.63. The number of rotatable bonds is 4. The molecule has 0 N–H and O–H groups in total. The van der Waals surface area contributed by atoms with Crippen LogP contribution in [0, 0.1) is 0 Å². The minimum Gasteiger partial charge on any atom is -0.497 e. The van der Waals surface area contributed by atoms with E-state index in [1.54, 1.807) is 18.7 Å². The molecular weight excluding hydrogens is 296 g/mol. The molecule has 0 atom stereocenters. The van der Waals surface area contributed by atoms with Crippen LogP contribution in [0.2, 0.25) is 0 Å². The van der Waals surface area contributed by atoms with Crippen molar-refractivity contribution in [2.24, 2.45) is 0 Å². The summed E-state index contributed by atoms with van der Waals surface area (Å²) in [4.78, 5) is 0. The molecule has 0 saturated heterocycles. The van der Waals surface area contributed by atoms with Gasteiger partial charge in [-0.25, -0.2) is 4.52 Å². The Bertz CT molecular complexity index is 1010. The summed E-state index contributed by atoms with van der Waals surface area (Å²) in [7, 11) is 3.21. The van der Waals surface area contributed by atoms with Gasteiger partial charge in [0, 0.05) is 24.6 Å². The van der Waals surface area contributed by atoms with E-state index in [-0.39, 0.29) is 6.79 Å². The van der Waals surface area contributed by atoms with Gasteiger partial charge in [0.2, 0.25) is 0 Å². The summed E-state index contributed by atoms with van der Waals surface area (Å²) in [6, 6.07) is 11.3. The molecule has 4 rings (SSSR count). The number of nitrogens with zero attached hydrogens (tertiary/aromatic N) is 4. The molecule has 2 aromatic heterocycles. The fraction of sp³-hybridized carbons (Fsp3) is 0.188. The molecule has 0 unspecified atom stereocenters. The maximum Gasteiger partial charge on any atom is 0.188 e. The Morgan fingerprint density at radius 3 is 2.61 bits per heavy atom. The molecule has 4 aromatic rings. The average Bonchev–Trinajstić information content (AvgIpc) is 2.97. The van der Waals surface area contributed by atoms with Crippen molar-refractivity contribution in [3.8, 4) is 11.5 Å². The normalized spacial score (nSPS) is 11.4. The van der Waals surface area contributed by atoms with Crippen molar-refractivity contribution in [3.63, 3.8) is 0 Å².